The summed E-state index contributed by atoms with van der Waals surface area (Å²) in [6, 6.07) is 9.81. The predicted molar refractivity (Wildman–Crippen MR) is 123 cm³/mol. The Kier molecular flexibility index (Phi) is 7.46. The first-order valence-electron chi connectivity index (χ1n) is 9.67. The molecule has 0 aliphatic heterocycles. The van der Waals surface area contributed by atoms with E-state index in [4.69, 9.17) is 28.9 Å². The van der Waals surface area contributed by atoms with Crippen molar-refractivity contribution >= 4 is 51.3 Å². The van der Waals surface area contributed by atoms with Crippen molar-refractivity contribution in [2.75, 3.05) is 6.61 Å². The van der Waals surface area contributed by atoms with E-state index in [9.17, 15) is 4.79 Å². The number of thiophene rings is 1. The fourth-order valence-electron chi connectivity index (χ4n) is 3.17. The molecule has 29 heavy (non-hydrogen) atoms. The van der Waals surface area contributed by atoms with Gasteiger partial charge < -0.3 is 15.0 Å². The van der Waals surface area contributed by atoms with Crippen molar-refractivity contribution in [2.45, 2.75) is 45.7 Å². The van der Waals surface area contributed by atoms with E-state index in [2.05, 4.69) is 29.8 Å². The molecule has 2 heterocycles. The number of carbonyl (C=O) groups is 1. The highest BCUT2D eigenvalue weighted by Gasteiger charge is 2.14. The summed E-state index contributed by atoms with van der Waals surface area (Å²) in [5.41, 5.74) is 1.86. The topological polar surface area (TPSA) is 54.3 Å². The molecule has 0 spiro atoms. The maximum Gasteiger partial charge on any atom is 0.224 e. The fourth-order valence-corrected chi connectivity index (χ4v) is 4.95. The maximum absolute atomic E-state index is 12.6. The SMILES string of the molecule is CC(C)n1cc(CC(=O)NCc2ccc(Cl)cc2)c(=S)c2cc(CCCO)sc21. The zero-order valence-corrected chi connectivity index (χ0v) is 19.0. The zero-order valence-electron chi connectivity index (χ0n) is 16.6. The Labute approximate surface area is 185 Å². The van der Waals surface area contributed by atoms with Crippen molar-refractivity contribution < 1.29 is 9.90 Å². The number of halogens is 1. The van der Waals surface area contributed by atoms with Gasteiger partial charge >= 0.3 is 0 Å². The van der Waals surface area contributed by atoms with Gasteiger partial charge in [0.1, 0.15) is 4.83 Å². The first-order valence-corrected chi connectivity index (χ1v) is 11.3. The van der Waals surface area contributed by atoms with Crippen LogP contribution < -0.4 is 5.32 Å². The van der Waals surface area contributed by atoms with Gasteiger partial charge in [0, 0.05) is 40.7 Å². The second-order valence-electron chi connectivity index (χ2n) is 7.32. The number of amides is 1. The van der Waals surface area contributed by atoms with Crippen LogP contribution in [0.2, 0.25) is 5.02 Å². The standard InChI is InChI=1S/C22H25ClN2O2S2/c1-14(2)25-13-16(10-20(27)24-12-15-5-7-17(23)8-6-15)21(28)19-11-18(4-3-9-26)29-22(19)25/h5-8,11,13-14,26H,3-4,9-10,12H2,1-2H3,(H,24,27). The molecule has 0 fully saturated rings. The Morgan fingerprint density at radius 2 is 2.03 bits per heavy atom. The first kappa shape index (κ1) is 22.0. The summed E-state index contributed by atoms with van der Waals surface area (Å²) in [5.74, 6) is -0.0589. The van der Waals surface area contributed by atoms with Crippen LogP contribution in [0.15, 0.2) is 36.5 Å². The van der Waals surface area contributed by atoms with Gasteiger partial charge in [-0.15, -0.1) is 11.3 Å². The minimum atomic E-state index is -0.0589. The van der Waals surface area contributed by atoms with E-state index in [1.165, 1.54) is 4.88 Å². The smallest absolute Gasteiger partial charge is 0.224 e. The number of hydrogen-bond donors (Lipinski definition) is 2. The number of carbonyl (C=O) groups excluding carboxylic acids is 1. The third-order valence-corrected chi connectivity index (χ3v) is 6.66. The lowest BCUT2D eigenvalue weighted by molar-refractivity contribution is -0.120. The van der Waals surface area contributed by atoms with E-state index < -0.39 is 0 Å². The van der Waals surface area contributed by atoms with Crippen LogP contribution in [0.4, 0.5) is 0 Å². The molecule has 0 atom stereocenters. The average molecular weight is 449 g/mol. The monoisotopic (exact) mass is 448 g/mol. The summed E-state index contributed by atoms with van der Waals surface area (Å²) < 4.78 is 2.94. The minimum absolute atomic E-state index is 0.0589. The molecule has 2 aromatic heterocycles. The third-order valence-electron chi connectivity index (χ3n) is 4.72. The molecule has 0 aliphatic carbocycles. The highest BCUT2D eigenvalue weighted by molar-refractivity contribution is 7.71. The summed E-state index contributed by atoms with van der Waals surface area (Å²) in [4.78, 5) is 14.9. The molecular formula is C22H25ClN2O2S2. The van der Waals surface area contributed by atoms with Crippen molar-refractivity contribution in [2.24, 2.45) is 0 Å². The number of aliphatic hydroxyl groups excluding tert-OH is 1. The van der Waals surface area contributed by atoms with E-state index in [-0.39, 0.29) is 25.0 Å². The number of aryl methyl sites for hydroxylation is 1. The second kappa shape index (κ2) is 9.85. The van der Waals surface area contributed by atoms with Crippen molar-refractivity contribution in [1.82, 2.24) is 9.88 Å². The van der Waals surface area contributed by atoms with Gasteiger partial charge in [0.2, 0.25) is 5.91 Å². The van der Waals surface area contributed by atoms with E-state index in [0.29, 0.717) is 11.6 Å². The summed E-state index contributed by atoms with van der Waals surface area (Å²) in [6.07, 6.45) is 3.83. The van der Waals surface area contributed by atoms with Crippen molar-refractivity contribution in [1.29, 1.82) is 0 Å². The van der Waals surface area contributed by atoms with Crippen LogP contribution in [0.1, 0.15) is 42.3 Å². The Morgan fingerprint density at radius 1 is 1.31 bits per heavy atom. The largest absolute Gasteiger partial charge is 0.396 e. The number of nitrogens with zero attached hydrogens (tertiary/aromatic N) is 1. The van der Waals surface area contributed by atoms with Gasteiger partial charge in [-0.2, -0.15) is 0 Å². The average Bonchev–Trinajstić information content (AvgIpc) is 3.12. The van der Waals surface area contributed by atoms with Crippen molar-refractivity contribution in [3.63, 3.8) is 0 Å². The van der Waals surface area contributed by atoms with Gasteiger partial charge in [0.25, 0.3) is 0 Å². The van der Waals surface area contributed by atoms with Crippen molar-refractivity contribution in [3.05, 3.63) is 62.1 Å². The number of pyridine rings is 1. The fraction of sp³-hybridized carbons (Fsp3) is 0.364. The van der Waals surface area contributed by atoms with Gasteiger partial charge in [-0.05, 0) is 56.0 Å². The van der Waals surface area contributed by atoms with E-state index in [1.807, 2.05) is 30.5 Å². The number of fused-ring (bicyclic) bond motifs is 1. The molecule has 154 valence electrons. The Bertz CT molecular complexity index is 1060. The molecule has 0 saturated heterocycles. The summed E-state index contributed by atoms with van der Waals surface area (Å²) in [6.45, 7) is 4.89. The molecule has 1 amide bonds. The maximum atomic E-state index is 12.6. The molecule has 3 rings (SSSR count). The van der Waals surface area contributed by atoms with Crippen molar-refractivity contribution in [3.8, 4) is 0 Å². The summed E-state index contributed by atoms with van der Waals surface area (Å²) >= 11 is 13.3. The quantitative estimate of drug-likeness (QED) is 0.450. The number of hydrogen-bond acceptors (Lipinski definition) is 4. The first-order chi connectivity index (χ1) is 13.9. The number of aliphatic hydroxyl groups is 1. The molecule has 3 aromatic rings. The van der Waals surface area contributed by atoms with Crippen LogP contribution in [0.25, 0.3) is 10.2 Å². The zero-order chi connectivity index (χ0) is 21.0. The molecule has 0 saturated carbocycles. The molecule has 0 bridgehead atoms. The summed E-state index contributed by atoms with van der Waals surface area (Å²) in [7, 11) is 0. The van der Waals surface area contributed by atoms with Crippen LogP contribution in [-0.2, 0) is 24.2 Å². The van der Waals surface area contributed by atoms with E-state index in [0.717, 1.165) is 38.7 Å². The Hall–Kier alpha value is -1.73. The molecule has 0 unspecified atom stereocenters. The summed E-state index contributed by atoms with van der Waals surface area (Å²) in [5, 5.41) is 13.8. The van der Waals surface area contributed by atoms with E-state index >= 15 is 0 Å². The molecule has 1 aromatic carbocycles. The lowest BCUT2D eigenvalue weighted by atomic mass is 10.1. The van der Waals surface area contributed by atoms with Crippen LogP contribution in [0, 0.1) is 4.51 Å². The molecule has 4 nitrogen and oxygen atoms in total. The Balaban J connectivity index is 1.82. The highest BCUT2D eigenvalue weighted by Crippen LogP contribution is 2.31. The number of rotatable bonds is 8. The van der Waals surface area contributed by atoms with Gasteiger partial charge in [-0.25, -0.2) is 0 Å². The van der Waals surface area contributed by atoms with Crippen LogP contribution in [0.5, 0.6) is 0 Å². The van der Waals surface area contributed by atoms with Crippen LogP contribution in [0.3, 0.4) is 0 Å². The van der Waals surface area contributed by atoms with Gasteiger partial charge in [-0.3, -0.25) is 4.79 Å². The Morgan fingerprint density at radius 3 is 2.69 bits per heavy atom. The molecule has 0 aliphatic rings. The van der Waals surface area contributed by atoms with Gasteiger partial charge in [-0.1, -0.05) is 36.0 Å². The van der Waals surface area contributed by atoms with Crippen LogP contribution >= 0.6 is 35.2 Å². The molecular weight excluding hydrogens is 424 g/mol. The lowest BCUT2D eigenvalue weighted by Gasteiger charge is -2.15. The van der Waals surface area contributed by atoms with Gasteiger partial charge in [0.15, 0.2) is 0 Å². The number of benzene rings is 1. The lowest BCUT2D eigenvalue weighted by Crippen LogP contribution is -2.25. The third kappa shape index (κ3) is 5.45. The minimum Gasteiger partial charge on any atom is -0.396 e. The van der Waals surface area contributed by atoms with E-state index in [1.54, 1.807) is 11.3 Å². The van der Waals surface area contributed by atoms with Gasteiger partial charge in [0.05, 0.1) is 10.9 Å². The predicted octanol–water partition coefficient (Wildman–Crippen LogP) is 5.45. The van der Waals surface area contributed by atoms with Crippen LogP contribution in [-0.4, -0.2) is 22.2 Å². The molecule has 2 N–H and O–H groups in total. The molecule has 0 radical (unpaired) electrons. The molecule has 7 heteroatoms. The normalized spacial score (nSPS) is 11.3. The highest BCUT2D eigenvalue weighted by atomic mass is 35.5. The number of aromatic nitrogens is 1. The number of nitrogens with one attached hydrogen (secondary N) is 1. The second-order valence-corrected chi connectivity index (χ2v) is 9.28.